The van der Waals surface area contributed by atoms with Gasteiger partial charge in [0.1, 0.15) is 0 Å². The predicted octanol–water partition coefficient (Wildman–Crippen LogP) is 3.22. The smallest absolute Gasteiger partial charge is 0.0901 e. The second-order valence-corrected chi connectivity index (χ2v) is 3.09. The van der Waals surface area contributed by atoms with Crippen molar-refractivity contribution in [2.45, 2.75) is 26.2 Å². The van der Waals surface area contributed by atoms with Gasteiger partial charge in [0.15, 0.2) is 0 Å². The molecule has 0 N–H and O–H groups in total. The first kappa shape index (κ1) is 7.52. The van der Waals surface area contributed by atoms with E-state index in [0.29, 0.717) is 12.2 Å². The number of rotatable bonds is 0. The summed E-state index contributed by atoms with van der Waals surface area (Å²) in [4.78, 5) is 0. The maximum atomic E-state index is 12.0. The van der Waals surface area contributed by atoms with E-state index in [2.05, 4.69) is 13.5 Å². The molecule has 1 rings (SSSR count). The first-order valence-electron chi connectivity index (χ1n) is 3.71. The molecular formula is C9H13F. The van der Waals surface area contributed by atoms with Crippen LogP contribution in [0.2, 0.25) is 0 Å². The van der Waals surface area contributed by atoms with Gasteiger partial charge in [-0.2, -0.15) is 0 Å². The highest BCUT2D eigenvalue weighted by atomic mass is 19.1. The Hall–Kier alpha value is -0.590. The van der Waals surface area contributed by atoms with Crippen LogP contribution in [-0.4, -0.2) is 0 Å². The summed E-state index contributed by atoms with van der Waals surface area (Å²) < 4.78 is 12.0. The highest BCUT2D eigenvalue weighted by Crippen LogP contribution is 2.31. The zero-order chi connectivity index (χ0) is 7.56. The summed E-state index contributed by atoms with van der Waals surface area (Å²) in [6.07, 6.45) is 3.65. The van der Waals surface area contributed by atoms with Crippen LogP contribution in [0.5, 0.6) is 0 Å². The monoisotopic (exact) mass is 140 g/mol. The largest absolute Gasteiger partial charge is 0.215 e. The van der Waals surface area contributed by atoms with E-state index in [9.17, 15) is 4.39 Å². The van der Waals surface area contributed by atoms with Crippen molar-refractivity contribution in [1.29, 1.82) is 0 Å². The summed E-state index contributed by atoms with van der Waals surface area (Å²) in [5.74, 6) is 0.691. The van der Waals surface area contributed by atoms with Crippen LogP contribution in [0.1, 0.15) is 26.2 Å². The van der Waals surface area contributed by atoms with Gasteiger partial charge in [-0.05, 0) is 36.3 Å². The van der Waals surface area contributed by atoms with E-state index in [1.807, 2.05) is 0 Å². The molecule has 1 unspecified atom stereocenters. The number of allylic oxidation sites excluding steroid dienone is 2. The quantitative estimate of drug-likeness (QED) is 0.484. The molecule has 56 valence electrons. The van der Waals surface area contributed by atoms with Crippen molar-refractivity contribution in [3.8, 4) is 0 Å². The normalized spacial score (nSPS) is 31.2. The molecule has 1 saturated carbocycles. The average molecular weight is 140 g/mol. The third kappa shape index (κ3) is 1.47. The predicted molar refractivity (Wildman–Crippen MR) is 41.3 cm³/mol. The van der Waals surface area contributed by atoms with Crippen LogP contribution < -0.4 is 0 Å². The minimum atomic E-state index is 0.691. The lowest BCUT2D eigenvalue weighted by molar-refractivity contribution is 0.492. The molecule has 0 aliphatic heterocycles. The Morgan fingerprint density at radius 3 is 2.90 bits per heavy atom. The molecule has 1 heteroatoms. The van der Waals surface area contributed by atoms with Crippen LogP contribution in [0, 0.1) is 5.92 Å². The number of hydrogen-bond donors (Lipinski definition) is 0. The standard InChI is InChI=1S/C9H13F/c1-7-3-4-9(6-10)8(2)5-7/h6-7H,2-5H2,1H3/b9-6+. The molecule has 1 atom stereocenters. The third-order valence-electron chi connectivity index (χ3n) is 2.09. The van der Waals surface area contributed by atoms with Crippen molar-refractivity contribution in [3.05, 3.63) is 24.1 Å². The van der Waals surface area contributed by atoms with Crippen molar-refractivity contribution in [2.24, 2.45) is 5.92 Å². The lowest BCUT2D eigenvalue weighted by atomic mass is 9.84. The van der Waals surface area contributed by atoms with Crippen LogP contribution in [-0.2, 0) is 0 Å². The number of hydrogen-bond acceptors (Lipinski definition) is 0. The molecule has 10 heavy (non-hydrogen) atoms. The minimum absolute atomic E-state index is 0.691. The molecule has 1 aliphatic rings. The van der Waals surface area contributed by atoms with Gasteiger partial charge in [0.25, 0.3) is 0 Å². The SMILES string of the molecule is C=C1CC(C)CC/C1=C\F. The summed E-state index contributed by atoms with van der Waals surface area (Å²) >= 11 is 0. The van der Waals surface area contributed by atoms with Crippen LogP contribution in [0.15, 0.2) is 24.1 Å². The van der Waals surface area contributed by atoms with Crippen molar-refractivity contribution >= 4 is 0 Å². The van der Waals surface area contributed by atoms with Gasteiger partial charge in [-0.1, -0.05) is 13.5 Å². The first-order chi connectivity index (χ1) is 4.74. The molecule has 0 bridgehead atoms. The van der Waals surface area contributed by atoms with E-state index < -0.39 is 0 Å². The van der Waals surface area contributed by atoms with Gasteiger partial charge in [-0.3, -0.25) is 0 Å². The Kier molecular flexibility index (Phi) is 2.25. The molecule has 0 heterocycles. The molecule has 1 aliphatic carbocycles. The molecule has 0 spiro atoms. The van der Waals surface area contributed by atoms with Crippen molar-refractivity contribution < 1.29 is 4.39 Å². The molecule has 0 amide bonds. The Morgan fingerprint density at radius 1 is 1.70 bits per heavy atom. The number of halogens is 1. The van der Waals surface area contributed by atoms with E-state index in [1.54, 1.807) is 0 Å². The summed E-state index contributed by atoms with van der Waals surface area (Å²) in [6, 6.07) is 0. The van der Waals surface area contributed by atoms with Crippen LogP contribution >= 0.6 is 0 Å². The van der Waals surface area contributed by atoms with Gasteiger partial charge in [0.05, 0.1) is 6.33 Å². The first-order valence-corrected chi connectivity index (χ1v) is 3.71. The van der Waals surface area contributed by atoms with E-state index in [-0.39, 0.29) is 0 Å². The Morgan fingerprint density at radius 2 is 2.40 bits per heavy atom. The minimum Gasteiger partial charge on any atom is -0.215 e. The second kappa shape index (κ2) is 3.00. The van der Waals surface area contributed by atoms with Gasteiger partial charge in [0.2, 0.25) is 0 Å². The van der Waals surface area contributed by atoms with Gasteiger partial charge in [-0.25, -0.2) is 4.39 Å². The summed E-state index contributed by atoms with van der Waals surface area (Å²) in [7, 11) is 0. The van der Waals surface area contributed by atoms with Gasteiger partial charge in [0, 0.05) is 0 Å². The Labute approximate surface area is 61.4 Å². The summed E-state index contributed by atoms with van der Waals surface area (Å²) in [5.41, 5.74) is 1.80. The fraction of sp³-hybridized carbons (Fsp3) is 0.556. The highest BCUT2D eigenvalue weighted by molar-refractivity contribution is 5.28. The molecular weight excluding hydrogens is 127 g/mol. The Bertz CT molecular complexity index is 168. The summed E-state index contributed by atoms with van der Waals surface area (Å²) in [5, 5.41) is 0. The fourth-order valence-electron chi connectivity index (χ4n) is 1.36. The van der Waals surface area contributed by atoms with Gasteiger partial charge >= 0.3 is 0 Å². The van der Waals surface area contributed by atoms with Crippen molar-refractivity contribution in [2.75, 3.05) is 0 Å². The fourth-order valence-corrected chi connectivity index (χ4v) is 1.36. The van der Waals surface area contributed by atoms with Crippen LogP contribution in [0.25, 0.3) is 0 Å². The molecule has 0 nitrogen and oxygen atoms in total. The Balaban J connectivity index is 2.61. The van der Waals surface area contributed by atoms with Crippen LogP contribution in [0.3, 0.4) is 0 Å². The van der Waals surface area contributed by atoms with E-state index in [1.165, 1.54) is 0 Å². The van der Waals surface area contributed by atoms with E-state index in [0.717, 1.165) is 30.4 Å². The zero-order valence-electron chi connectivity index (χ0n) is 6.36. The molecule has 0 radical (unpaired) electrons. The third-order valence-corrected chi connectivity index (χ3v) is 2.09. The maximum absolute atomic E-state index is 12.0. The lowest BCUT2D eigenvalue weighted by Gasteiger charge is -2.21. The van der Waals surface area contributed by atoms with Crippen molar-refractivity contribution in [3.63, 3.8) is 0 Å². The molecule has 0 aromatic rings. The molecule has 0 saturated heterocycles. The second-order valence-electron chi connectivity index (χ2n) is 3.09. The van der Waals surface area contributed by atoms with Crippen molar-refractivity contribution in [1.82, 2.24) is 0 Å². The maximum Gasteiger partial charge on any atom is 0.0901 e. The lowest BCUT2D eigenvalue weighted by Crippen LogP contribution is -2.05. The summed E-state index contributed by atoms with van der Waals surface area (Å²) in [6.45, 7) is 5.99. The molecule has 0 aromatic carbocycles. The molecule has 1 fully saturated rings. The van der Waals surface area contributed by atoms with Crippen LogP contribution in [0.4, 0.5) is 4.39 Å². The molecule has 0 aromatic heterocycles. The topological polar surface area (TPSA) is 0 Å². The van der Waals surface area contributed by atoms with Gasteiger partial charge < -0.3 is 0 Å². The van der Waals surface area contributed by atoms with E-state index >= 15 is 0 Å². The highest BCUT2D eigenvalue weighted by Gasteiger charge is 2.15. The van der Waals surface area contributed by atoms with Gasteiger partial charge in [-0.15, -0.1) is 0 Å². The van der Waals surface area contributed by atoms with E-state index in [4.69, 9.17) is 0 Å². The zero-order valence-corrected chi connectivity index (χ0v) is 6.36. The average Bonchev–Trinajstić information content (AvgIpc) is 1.88.